The van der Waals surface area contributed by atoms with E-state index in [0.717, 1.165) is 77.2 Å². The maximum atomic E-state index is 12.4. The van der Waals surface area contributed by atoms with Gasteiger partial charge in [0.2, 0.25) is 0 Å². The van der Waals surface area contributed by atoms with Crippen LogP contribution in [-0.2, 0) is 4.74 Å². The summed E-state index contributed by atoms with van der Waals surface area (Å²) in [4.78, 5) is 2.47. The Labute approximate surface area is 511 Å². The molecule has 0 aromatic heterocycles. The van der Waals surface area contributed by atoms with Crippen LogP contribution in [0.2, 0.25) is 5.02 Å². The molecule has 0 aliphatic carbocycles. The normalized spacial score (nSPS) is 11.7. The van der Waals surface area contributed by atoms with E-state index in [-0.39, 0.29) is 5.82 Å². The number of unbranched alkanes of at least 4 members (excludes halogenated alkanes) is 6. The minimum atomic E-state index is -0.163. The van der Waals surface area contributed by atoms with Crippen LogP contribution in [0.15, 0.2) is 77.3 Å². The number of halogens is 3. The van der Waals surface area contributed by atoms with Crippen molar-refractivity contribution in [2.75, 3.05) is 32.8 Å². The van der Waals surface area contributed by atoms with E-state index >= 15 is 0 Å². The second-order valence-corrected chi connectivity index (χ2v) is 27.2. The molecule has 3 aromatic rings. The first-order valence-corrected chi connectivity index (χ1v) is 33.7. The van der Waals surface area contributed by atoms with Crippen LogP contribution in [0.1, 0.15) is 311 Å². The van der Waals surface area contributed by atoms with Gasteiger partial charge in [-0.1, -0.05) is 340 Å². The Morgan fingerprint density at radius 1 is 0.418 bits per heavy atom. The first-order valence-electron chi connectivity index (χ1n) is 32.5. The molecular weight excluding hydrogens is 1050 g/mol. The average molecular weight is 1190 g/mol. The van der Waals surface area contributed by atoms with E-state index in [1.807, 2.05) is 24.3 Å². The largest absolute Gasteiger partial charge is 0.379 e. The predicted octanol–water partition coefficient (Wildman–Crippen LogP) is 26.8. The first-order chi connectivity index (χ1) is 37.0. The molecule has 0 bridgehead atoms. The van der Waals surface area contributed by atoms with Gasteiger partial charge in [0.05, 0.1) is 13.2 Å². The van der Waals surface area contributed by atoms with Crippen molar-refractivity contribution in [3.63, 3.8) is 0 Å². The van der Waals surface area contributed by atoms with E-state index in [1.54, 1.807) is 0 Å². The highest BCUT2D eigenvalue weighted by Crippen LogP contribution is 2.19. The van der Waals surface area contributed by atoms with Crippen LogP contribution >= 0.6 is 27.5 Å². The van der Waals surface area contributed by atoms with Gasteiger partial charge in [-0.15, -0.1) is 0 Å². The van der Waals surface area contributed by atoms with Gasteiger partial charge in [-0.2, -0.15) is 0 Å². The molecule has 0 N–H and O–H groups in total. The van der Waals surface area contributed by atoms with Crippen LogP contribution in [0.4, 0.5) is 4.39 Å². The molecule has 468 valence electrons. The molecule has 1 heterocycles. The highest BCUT2D eigenvalue weighted by Gasteiger charge is 2.10. The van der Waals surface area contributed by atoms with Crippen molar-refractivity contribution in [3.05, 3.63) is 105 Å². The van der Waals surface area contributed by atoms with Gasteiger partial charge in [0.1, 0.15) is 5.82 Å². The molecular formula is C74H140BrClFNO. The second kappa shape index (κ2) is 63.9. The van der Waals surface area contributed by atoms with Crippen LogP contribution in [0.25, 0.3) is 0 Å². The highest BCUT2D eigenvalue weighted by molar-refractivity contribution is 9.10. The molecule has 1 aliphatic heterocycles. The van der Waals surface area contributed by atoms with Crippen molar-refractivity contribution in [2.24, 2.45) is 41.4 Å². The quantitative estimate of drug-likeness (QED) is 0.105. The molecule has 3 aromatic carbocycles. The van der Waals surface area contributed by atoms with Crippen molar-refractivity contribution in [1.82, 2.24) is 4.90 Å². The maximum absolute atomic E-state index is 12.4. The van der Waals surface area contributed by atoms with Crippen LogP contribution < -0.4 is 0 Å². The lowest BCUT2D eigenvalue weighted by Gasteiger charge is -2.27. The summed E-state index contributed by atoms with van der Waals surface area (Å²) < 4.78 is 18.7. The third kappa shape index (κ3) is 80.6. The van der Waals surface area contributed by atoms with Gasteiger partial charge in [0, 0.05) is 29.1 Å². The van der Waals surface area contributed by atoms with Crippen LogP contribution in [-0.4, -0.2) is 37.7 Å². The minimum absolute atomic E-state index is 0.163. The number of ether oxygens (including phenoxy) is 1. The summed E-state index contributed by atoms with van der Waals surface area (Å²) in [6, 6.07) is 23.1. The molecule has 4 rings (SSSR count). The fourth-order valence-corrected chi connectivity index (χ4v) is 7.21. The molecule has 0 spiro atoms. The summed E-state index contributed by atoms with van der Waals surface area (Å²) >= 11 is 9.11. The molecule has 79 heavy (non-hydrogen) atoms. The Hall–Kier alpha value is -1.72. The molecule has 2 nitrogen and oxygen atoms in total. The zero-order valence-electron chi connectivity index (χ0n) is 57.8. The predicted molar refractivity (Wildman–Crippen MR) is 369 cm³/mol. The Kier molecular flexibility index (Phi) is 71.5. The SMILES string of the molecule is CC(C)C.CC(C)CN1CCOCC1.CC(C)c1ccc(Br)cc1.CC(C)c1ccc(Cl)cc1.CC(C)c1ccc(F)cc1.CCC(C)C.CCCC(C)C.CCCCC(C)C.CCCCCC(C)C.CCCCCCC(C)C. The summed E-state index contributed by atoms with van der Waals surface area (Å²) in [6.07, 6.45) is 20.8. The smallest absolute Gasteiger partial charge is 0.123 e. The summed E-state index contributed by atoms with van der Waals surface area (Å²) in [5.74, 6) is 7.67. The van der Waals surface area contributed by atoms with Crippen LogP contribution in [0, 0.1) is 47.2 Å². The summed E-state index contributed by atoms with van der Waals surface area (Å²) in [5, 5.41) is 0.810. The van der Waals surface area contributed by atoms with E-state index in [0.29, 0.717) is 17.8 Å². The van der Waals surface area contributed by atoms with Gasteiger partial charge in [-0.25, -0.2) is 4.39 Å². The van der Waals surface area contributed by atoms with E-state index in [9.17, 15) is 4.39 Å². The van der Waals surface area contributed by atoms with Crippen molar-refractivity contribution in [2.45, 2.75) is 294 Å². The number of benzene rings is 3. The van der Waals surface area contributed by atoms with Crippen molar-refractivity contribution >= 4 is 27.5 Å². The van der Waals surface area contributed by atoms with Crippen molar-refractivity contribution in [3.8, 4) is 0 Å². The molecule has 0 atom stereocenters. The maximum Gasteiger partial charge on any atom is 0.123 e. The Morgan fingerprint density at radius 2 is 0.734 bits per heavy atom. The van der Waals surface area contributed by atoms with Crippen molar-refractivity contribution in [1.29, 1.82) is 0 Å². The third-order valence-corrected chi connectivity index (χ3v) is 13.0. The van der Waals surface area contributed by atoms with Gasteiger partial charge in [-0.05, 0) is 112 Å². The minimum Gasteiger partial charge on any atom is -0.379 e. The van der Waals surface area contributed by atoms with Crippen LogP contribution in [0.5, 0.6) is 0 Å². The number of hydrogen-bond donors (Lipinski definition) is 0. The number of rotatable bonds is 20. The Morgan fingerprint density at radius 3 is 1.01 bits per heavy atom. The molecule has 0 saturated carbocycles. The molecule has 0 amide bonds. The average Bonchev–Trinajstić information content (AvgIpc) is 3.36. The van der Waals surface area contributed by atoms with Gasteiger partial charge in [0.15, 0.2) is 0 Å². The van der Waals surface area contributed by atoms with Crippen LogP contribution in [0.3, 0.4) is 0 Å². The fraction of sp³-hybridized carbons (Fsp3) is 0.757. The Balaban J connectivity index is -0.000000190. The molecule has 5 heteroatoms. The lowest BCUT2D eigenvalue weighted by molar-refractivity contribution is 0.0329. The van der Waals surface area contributed by atoms with Gasteiger partial charge in [0.25, 0.3) is 0 Å². The Bertz CT molecular complexity index is 1440. The highest BCUT2D eigenvalue weighted by atomic mass is 79.9. The van der Waals surface area contributed by atoms with Gasteiger partial charge >= 0.3 is 0 Å². The molecule has 0 radical (unpaired) electrons. The summed E-state index contributed by atoms with van der Waals surface area (Å²) in [6.45, 7) is 63.1. The summed E-state index contributed by atoms with van der Waals surface area (Å²) in [5.41, 5.74) is 3.91. The second-order valence-electron chi connectivity index (χ2n) is 25.8. The van der Waals surface area contributed by atoms with E-state index in [4.69, 9.17) is 16.3 Å². The first kappa shape index (κ1) is 88.5. The fourth-order valence-electron chi connectivity index (χ4n) is 6.81. The van der Waals surface area contributed by atoms with E-state index in [1.165, 1.54) is 132 Å². The summed E-state index contributed by atoms with van der Waals surface area (Å²) in [7, 11) is 0. The third-order valence-electron chi connectivity index (χ3n) is 12.2. The van der Waals surface area contributed by atoms with Gasteiger partial charge < -0.3 is 4.74 Å². The lowest BCUT2D eigenvalue weighted by Crippen LogP contribution is -2.38. The van der Waals surface area contributed by atoms with E-state index < -0.39 is 0 Å². The zero-order valence-corrected chi connectivity index (χ0v) is 60.2. The molecule has 0 unspecified atom stereocenters. The van der Waals surface area contributed by atoms with Crippen molar-refractivity contribution < 1.29 is 9.13 Å². The molecule has 1 fully saturated rings. The molecule has 1 saturated heterocycles. The van der Waals surface area contributed by atoms with Gasteiger partial charge in [-0.3, -0.25) is 4.90 Å². The van der Waals surface area contributed by atoms with E-state index in [2.05, 4.69) is 237 Å². The number of morpholine rings is 1. The zero-order chi connectivity index (χ0) is 62.1. The number of hydrogen-bond acceptors (Lipinski definition) is 2. The standard InChI is InChI=1S/C9H11Br.C9H11Cl.C9H11F.C9H20.C8H17NO.C8H18.C7H16.C6H14.C5H12.C4H10/c3*1-7(2)8-3-5-9(10)6-4-8;1-4-5-6-7-8-9(2)3;1-8(2)7-9-3-5-10-6-4-9;1-4-5-6-7-8(2)3;1-4-5-6-7(2)3;1-4-5-6(2)3;1-4-5(2)3;1-4(2)3/h3*3-7H,1-2H3;9H,4-8H2,1-3H3;8H,3-7H2,1-2H3;8H,4-7H2,1-3H3;7H,4-6H2,1-3H3;6H,4-5H2,1-3H3;5H,4H2,1-3H3;4H,1-3H3. The molecule has 1 aliphatic rings. The monoisotopic (exact) mass is 1190 g/mol. The number of nitrogens with zero attached hydrogens (tertiary/aromatic N) is 1. The topological polar surface area (TPSA) is 12.5 Å². The lowest BCUT2D eigenvalue weighted by atomic mass is 10.0.